The molecule has 36 heavy (non-hydrogen) atoms. The third-order valence-corrected chi connectivity index (χ3v) is 9.66. The molecule has 194 valence electrons. The minimum absolute atomic E-state index is 0.206. The number of piperidine rings is 1. The van der Waals surface area contributed by atoms with Gasteiger partial charge in [0.25, 0.3) is 0 Å². The summed E-state index contributed by atoms with van der Waals surface area (Å²) in [4.78, 5) is 26.2. The number of rotatable bonds is 8. The van der Waals surface area contributed by atoms with Crippen molar-refractivity contribution in [3.05, 3.63) is 29.7 Å². The summed E-state index contributed by atoms with van der Waals surface area (Å²) >= 11 is 6.42. The fraction of sp³-hybridized carbons (Fsp3) is 0.583. The van der Waals surface area contributed by atoms with E-state index in [9.17, 15) is 13.2 Å². The molecule has 2 aromatic heterocycles. The van der Waals surface area contributed by atoms with E-state index in [4.69, 9.17) is 16.3 Å². The van der Waals surface area contributed by atoms with Crippen LogP contribution in [0.1, 0.15) is 38.5 Å². The van der Waals surface area contributed by atoms with Crippen LogP contribution < -0.4 is 10.6 Å². The standard InChI is InChI=1S/C24H31ClN6O4S/c25-20-12-28-22(30-24(32)17-2-1-7-31(15-17)36(33,34)18-3-4-18)10-19(20)21-13-26-14-23(29-21)27-11-16-5-8-35-9-6-16/h10,12-14,16-18H,1-9,11,15H2,(H,27,29)(H,28,30,32)/t17-/m0/s1. The molecular formula is C24H31ClN6O4S. The molecule has 2 N–H and O–H groups in total. The zero-order valence-corrected chi connectivity index (χ0v) is 21.6. The Labute approximate surface area is 216 Å². The van der Waals surface area contributed by atoms with Gasteiger partial charge >= 0.3 is 0 Å². The van der Waals surface area contributed by atoms with Crippen LogP contribution >= 0.6 is 11.6 Å². The van der Waals surface area contributed by atoms with Crippen molar-refractivity contribution in [2.75, 3.05) is 43.5 Å². The van der Waals surface area contributed by atoms with Crippen molar-refractivity contribution in [3.63, 3.8) is 0 Å². The molecule has 12 heteroatoms. The minimum Gasteiger partial charge on any atom is -0.381 e. The fourth-order valence-electron chi connectivity index (χ4n) is 4.68. The molecular weight excluding hydrogens is 504 g/mol. The van der Waals surface area contributed by atoms with E-state index in [2.05, 4.69) is 25.6 Å². The zero-order chi connectivity index (χ0) is 25.1. The number of nitrogens with one attached hydrogen (secondary N) is 2. The van der Waals surface area contributed by atoms with Crippen LogP contribution in [-0.4, -0.2) is 71.7 Å². The number of halogens is 1. The Morgan fingerprint density at radius 2 is 1.92 bits per heavy atom. The Balaban J connectivity index is 1.25. The second-order valence-electron chi connectivity index (χ2n) is 9.71. The van der Waals surface area contributed by atoms with Crippen LogP contribution in [-0.2, 0) is 19.6 Å². The fourth-order valence-corrected chi connectivity index (χ4v) is 6.80. The van der Waals surface area contributed by atoms with Gasteiger partial charge in [0.05, 0.1) is 34.3 Å². The van der Waals surface area contributed by atoms with Crippen LogP contribution in [0.15, 0.2) is 24.7 Å². The first-order valence-corrected chi connectivity index (χ1v) is 14.4. The Kier molecular flexibility index (Phi) is 7.71. The van der Waals surface area contributed by atoms with Gasteiger partial charge < -0.3 is 15.4 Å². The summed E-state index contributed by atoms with van der Waals surface area (Å²) < 4.78 is 32.1. The van der Waals surface area contributed by atoms with Gasteiger partial charge in [0.15, 0.2) is 0 Å². The highest BCUT2D eigenvalue weighted by molar-refractivity contribution is 7.90. The summed E-state index contributed by atoms with van der Waals surface area (Å²) in [7, 11) is -3.30. The molecule has 1 saturated carbocycles. The molecule has 0 unspecified atom stereocenters. The number of aromatic nitrogens is 3. The molecule has 0 spiro atoms. The number of sulfonamides is 1. The van der Waals surface area contributed by atoms with E-state index in [0.717, 1.165) is 32.6 Å². The normalized spacial score (nSPS) is 21.8. The number of hydrogen-bond acceptors (Lipinski definition) is 8. The number of ether oxygens (including phenoxy) is 1. The molecule has 1 amide bonds. The third-order valence-electron chi connectivity index (χ3n) is 6.99. The monoisotopic (exact) mass is 534 g/mol. The lowest BCUT2D eigenvalue weighted by molar-refractivity contribution is -0.120. The van der Waals surface area contributed by atoms with E-state index in [1.54, 1.807) is 18.5 Å². The first-order chi connectivity index (χ1) is 17.4. The largest absolute Gasteiger partial charge is 0.381 e. The number of hydrogen-bond donors (Lipinski definition) is 2. The molecule has 1 atom stereocenters. The summed E-state index contributed by atoms with van der Waals surface area (Å²) in [5, 5.41) is 6.31. The Hall–Kier alpha value is -2.34. The lowest BCUT2D eigenvalue weighted by atomic mass is 9.99. The Morgan fingerprint density at radius 1 is 1.11 bits per heavy atom. The average Bonchev–Trinajstić information content (AvgIpc) is 3.76. The van der Waals surface area contributed by atoms with Gasteiger partial charge in [-0.1, -0.05) is 11.6 Å². The molecule has 0 radical (unpaired) electrons. The van der Waals surface area contributed by atoms with E-state index >= 15 is 0 Å². The maximum Gasteiger partial charge on any atom is 0.229 e. The summed E-state index contributed by atoms with van der Waals surface area (Å²) in [5.74, 6) is 0.848. The first-order valence-electron chi connectivity index (χ1n) is 12.5. The number of nitrogens with zero attached hydrogens (tertiary/aromatic N) is 4. The second-order valence-corrected chi connectivity index (χ2v) is 12.3. The van der Waals surface area contributed by atoms with E-state index in [1.807, 2.05) is 0 Å². The van der Waals surface area contributed by atoms with E-state index in [0.29, 0.717) is 66.1 Å². The van der Waals surface area contributed by atoms with Gasteiger partial charge in [-0.05, 0) is 50.5 Å². The van der Waals surface area contributed by atoms with E-state index < -0.39 is 15.9 Å². The predicted molar refractivity (Wildman–Crippen MR) is 137 cm³/mol. The molecule has 4 heterocycles. The molecule has 1 aliphatic carbocycles. The van der Waals surface area contributed by atoms with Gasteiger partial charge in [0.1, 0.15) is 11.6 Å². The molecule has 0 aromatic carbocycles. The summed E-state index contributed by atoms with van der Waals surface area (Å²) in [6, 6.07) is 1.67. The van der Waals surface area contributed by atoms with Gasteiger partial charge in [-0.3, -0.25) is 9.78 Å². The lowest BCUT2D eigenvalue weighted by Crippen LogP contribution is -2.45. The molecule has 0 bridgehead atoms. The Bertz CT molecular complexity index is 1200. The number of pyridine rings is 1. The van der Waals surface area contributed by atoms with Crippen molar-refractivity contribution >= 4 is 39.2 Å². The summed E-state index contributed by atoms with van der Waals surface area (Å²) in [6.45, 7) is 3.05. The number of carbonyl (C=O) groups excluding carboxylic acids is 1. The van der Waals surface area contributed by atoms with Crippen molar-refractivity contribution in [1.29, 1.82) is 0 Å². The predicted octanol–water partition coefficient (Wildman–Crippen LogP) is 3.17. The number of amides is 1. The Morgan fingerprint density at radius 3 is 2.69 bits per heavy atom. The number of carbonyl (C=O) groups is 1. The molecule has 5 rings (SSSR count). The van der Waals surface area contributed by atoms with Gasteiger partial charge in [0.2, 0.25) is 15.9 Å². The molecule has 3 aliphatic rings. The first kappa shape index (κ1) is 25.3. The average molecular weight is 535 g/mol. The second kappa shape index (κ2) is 11.0. The van der Waals surface area contributed by atoms with Crippen molar-refractivity contribution < 1.29 is 17.9 Å². The van der Waals surface area contributed by atoms with Gasteiger partial charge in [-0.15, -0.1) is 0 Å². The molecule has 2 aliphatic heterocycles. The van der Waals surface area contributed by atoms with Crippen molar-refractivity contribution in [2.24, 2.45) is 11.8 Å². The van der Waals surface area contributed by atoms with Gasteiger partial charge in [0, 0.05) is 44.6 Å². The van der Waals surface area contributed by atoms with Crippen LogP contribution in [0.4, 0.5) is 11.6 Å². The highest BCUT2D eigenvalue weighted by Gasteiger charge is 2.42. The van der Waals surface area contributed by atoms with Crippen LogP contribution in [0.5, 0.6) is 0 Å². The highest BCUT2D eigenvalue weighted by atomic mass is 35.5. The van der Waals surface area contributed by atoms with Crippen molar-refractivity contribution in [3.8, 4) is 11.3 Å². The third kappa shape index (κ3) is 5.96. The summed E-state index contributed by atoms with van der Waals surface area (Å²) in [5.41, 5.74) is 1.17. The topological polar surface area (TPSA) is 126 Å². The zero-order valence-electron chi connectivity index (χ0n) is 20.0. The van der Waals surface area contributed by atoms with E-state index in [1.165, 1.54) is 10.5 Å². The molecule has 10 nitrogen and oxygen atoms in total. The quantitative estimate of drug-likeness (QED) is 0.529. The van der Waals surface area contributed by atoms with Crippen LogP contribution in [0, 0.1) is 11.8 Å². The maximum atomic E-state index is 13.0. The highest BCUT2D eigenvalue weighted by Crippen LogP contribution is 2.34. The van der Waals surface area contributed by atoms with Crippen LogP contribution in [0.25, 0.3) is 11.3 Å². The lowest BCUT2D eigenvalue weighted by Gasteiger charge is -2.31. The minimum atomic E-state index is -3.30. The summed E-state index contributed by atoms with van der Waals surface area (Å²) in [6.07, 6.45) is 9.52. The molecule has 2 saturated heterocycles. The molecule has 2 aromatic rings. The smallest absolute Gasteiger partial charge is 0.229 e. The van der Waals surface area contributed by atoms with E-state index in [-0.39, 0.29) is 17.7 Å². The number of anilines is 2. The maximum absolute atomic E-state index is 13.0. The van der Waals surface area contributed by atoms with Gasteiger partial charge in [-0.25, -0.2) is 22.7 Å². The van der Waals surface area contributed by atoms with Crippen LogP contribution in [0.2, 0.25) is 5.02 Å². The van der Waals surface area contributed by atoms with Crippen molar-refractivity contribution in [1.82, 2.24) is 19.3 Å². The van der Waals surface area contributed by atoms with Crippen LogP contribution in [0.3, 0.4) is 0 Å². The molecule has 3 fully saturated rings. The SMILES string of the molecule is O=C(Nc1cc(-c2cncc(NCC3CCOCC3)n2)c(Cl)cn1)[C@H]1CCCN(S(=O)(=O)C2CC2)C1. The van der Waals surface area contributed by atoms with Crippen molar-refractivity contribution in [2.45, 2.75) is 43.8 Å². The van der Waals surface area contributed by atoms with Gasteiger partial charge in [-0.2, -0.15) is 0 Å².